The maximum Gasteiger partial charge on any atom is 0.0638 e. The molecule has 1 aliphatic heterocycles. The van der Waals surface area contributed by atoms with Gasteiger partial charge in [-0.2, -0.15) is 5.26 Å². The number of nitriles is 1. The first-order valence-corrected chi connectivity index (χ1v) is 4.53. The average molecular weight is 168 g/mol. The van der Waals surface area contributed by atoms with Crippen molar-refractivity contribution in [3.63, 3.8) is 0 Å². The predicted octanol–water partition coefficient (Wildman–Crippen LogP) is 0.603. The van der Waals surface area contributed by atoms with Crippen LogP contribution in [0.25, 0.3) is 0 Å². The lowest BCUT2D eigenvalue weighted by atomic mass is 9.96. The second-order valence-corrected chi connectivity index (χ2v) is 3.43. The smallest absolute Gasteiger partial charge is 0.0638 e. The van der Waals surface area contributed by atoms with Crippen LogP contribution < -0.4 is 0 Å². The van der Waals surface area contributed by atoms with Crippen molar-refractivity contribution >= 4 is 0 Å². The van der Waals surface area contributed by atoms with E-state index in [4.69, 9.17) is 10.4 Å². The van der Waals surface area contributed by atoms with Crippen LogP contribution in [-0.2, 0) is 0 Å². The SMILES string of the molecule is CCC(CC#N)N1CC(CO)C1. The minimum absolute atomic E-state index is 0.291. The summed E-state index contributed by atoms with van der Waals surface area (Å²) < 4.78 is 0. The fourth-order valence-electron chi connectivity index (χ4n) is 1.66. The average Bonchev–Trinajstić information content (AvgIpc) is 2.01. The third kappa shape index (κ3) is 1.96. The lowest BCUT2D eigenvalue weighted by Crippen LogP contribution is -2.53. The Balaban J connectivity index is 2.25. The van der Waals surface area contributed by atoms with E-state index in [0.717, 1.165) is 19.5 Å². The second-order valence-electron chi connectivity index (χ2n) is 3.43. The van der Waals surface area contributed by atoms with Crippen LogP contribution >= 0.6 is 0 Å². The van der Waals surface area contributed by atoms with Crippen LogP contribution in [0.1, 0.15) is 19.8 Å². The molecule has 1 heterocycles. The van der Waals surface area contributed by atoms with Gasteiger partial charge in [-0.25, -0.2) is 0 Å². The van der Waals surface area contributed by atoms with Gasteiger partial charge < -0.3 is 5.11 Å². The number of rotatable bonds is 4. The van der Waals surface area contributed by atoms with E-state index in [9.17, 15) is 0 Å². The Kier molecular flexibility index (Phi) is 3.51. The molecule has 68 valence electrons. The minimum Gasteiger partial charge on any atom is -0.396 e. The number of aliphatic hydroxyl groups excluding tert-OH is 1. The van der Waals surface area contributed by atoms with Gasteiger partial charge in [-0.3, -0.25) is 4.90 Å². The maximum absolute atomic E-state index is 8.80. The van der Waals surface area contributed by atoms with E-state index in [1.54, 1.807) is 0 Å². The molecule has 0 aromatic rings. The standard InChI is InChI=1S/C9H16N2O/c1-2-9(3-4-10)11-5-8(6-11)7-12/h8-9,12H,2-3,5-7H2,1H3. The normalized spacial score (nSPS) is 21.4. The highest BCUT2D eigenvalue weighted by Gasteiger charge is 2.30. The molecule has 1 N–H and O–H groups in total. The maximum atomic E-state index is 8.80. The molecule has 0 bridgehead atoms. The summed E-state index contributed by atoms with van der Waals surface area (Å²) in [6, 6.07) is 2.61. The Morgan fingerprint density at radius 2 is 2.33 bits per heavy atom. The van der Waals surface area contributed by atoms with Gasteiger partial charge in [-0.05, 0) is 6.42 Å². The zero-order chi connectivity index (χ0) is 8.97. The minimum atomic E-state index is 0.291. The van der Waals surface area contributed by atoms with Gasteiger partial charge in [0.15, 0.2) is 0 Å². The Labute approximate surface area is 73.6 Å². The summed E-state index contributed by atoms with van der Waals surface area (Å²) in [4.78, 5) is 2.28. The van der Waals surface area contributed by atoms with Crippen LogP contribution in [0.2, 0.25) is 0 Å². The molecule has 0 spiro atoms. The van der Waals surface area contributed by atoms with Gasteiger partial charge >= 0.3 is 0 Å². The fraction of sp³-hybridized carbons (Fsp3) is 0.889. The van der Waals surface area contributed by atoms with Gasteiger partial charge in [0.05, 0.1) is 12.5 Å². The van der Waals surface area contributed by atoms with E-state index in [-0.39, 0.29) is 0 Å². The molecule has 1 atom stereocenters. The monoisotopic (exact) mass is 168 g/mol. The number of aliphatic hydroxyl groups is 1. The summed E-state index contributed by atoms with van der Waals surface area (Å²) in [5.41, 5.74) is 0. The summed E-state index contributed by atoms with van der Waals surface area (Å²) in [5, 5.41) is 17.3. The molecular weight excluding hydrogens is 152 g/mol. The molecule has 1 fully saturated rings. The molecule has 3 nitrogen and oxygen atoms in total. The van der Waals surface area contributed by atoms with Crippen molar-refractivity contribution < 1.29 is 5.11 Å². The summed E-state index contributed by atoms with van der Waals surface area (Å²) in [7, 11) is 0. The van der Waals surface area contributed by atoms with Crippen molar-refractivity contribution in [1.82, 2.24) is 4.90 Å². The van der Waals surface area contributed by atoms with E-state index < -0.39 is 0 Å². The highest BCUT2D eigenvalue weighted by Crippen LogP contribution is 2.21. The molecule has 1 rings (SSSR count). The van der Waals surface area contributed by atoms with Crippen molar-refractivity contribution in [2.45, 2.75) is 25.8 Å². The van der Waals surface area contributed by atoms with Crippen LogP contribution in [0, 0.1) is 17.2 Å². The molecule has 1 saturated heterocycles. The topological polar surface area (TPSA) is 47.3 Å². The lowest BCUT2D eigenvalue weighted by molar-refractivity contribution is 0.0196. The van der Waals surface area contributed by atoms with Crippen molar-refractivity contribution in [2.75, 3.05) is 19.7 Å². The molecule has 1 unspecified atom stereocenters. The van der Waals surface area contributed by atoms with Crippen LogP contribution in [0.3, 0.4) is 0 Å². The van der Waals surface area contributed by atoms with Crippen molar-refractivity contribution in [1.29, 1.82) is 5.26 Å². The Hall–Kier alpha value is -0.590. The van der Waals surface area contributed by atoms with E-state index in [1.165, 1.54) is 0 Å². The van der Waals surface area contributed by atoms with Gasteiger partial charge in [0.1, 0.15) is 0 Å². The van der Waals surface area contributed by atoms with Gasteiger partial charge in [-0.15, -0.1) is 0 Å². The molecule has 0 radical (unpaired) electrons. The quantitative estimate of drug-likeness (QED) is 0.668. The van der Waals surface area contributed by atoms with Gasteiger partial charge in [0.25, 0.3) is 0 Å². The molecule has 3 heteroatoms. The Morgan fingerprint density at radius 3 is 2.75 bits per heavy atom. The number of likely N-dealkylation sites (tertiary alicyclic amines) is 1. The first-order chi connectivity index (χ1) is 5.81. The van der Waals surface area contributed by atoms with Gasteiger partial charge in [0, 0.05) is 31.7 Å². The van der Waals surface area contributed by atoms with E-state index in [0.29, 0.717) is 25.0 Å². The van der Waals surface area contributed by atoms with Crippen LogP contribution in [0.5, 0.6) is 0 Å². The third-order valence-electron chi connectivity index (χ3n) is 2.56. The third-order valence-corrected chi connectivity index (χ3v) is 2.56. The summed E-state index contributed by atoms with van der Waals surface area (Å²) >= 11 is 0. The summed E-state index contributed by atoms with van der Waals surface area (Å²) in [5.74, 6) is 0.456. The Bertz CT molecular complexity index is 170. The van der Waals surface area contributed by atoms with Crippen LogP contribution in [-0.4, -0.2) is 35.7 Å². The molecule has 0 saturated carbocycles. The molecule has 1 aliphatic rings. The highest BCUT2D eigenvalue weighted by atomic mass is 16.3. The zero-order valence-corrected chi connectivity index (χ0v) is 7.53. The predicted molar refractivity (Wildman–Crippen MR) is 46.5 cm³/mol. The molecule has 0 aromatic heterocycles. The molecule has 0 aromatic carbocycles. The largest absolute Gasteiger partial charge is 0.396 e. The first kappa shape index (κ1) is 9.50. The molecule has 0 amide bonds. The van der Waals surface area contributed by atoms with Crippen molar-refractivity contribution in [2.24, 2.45) is 5.92 Å². The van der Waals surface area contributed by atoms with E-state index in [2.05, 4.69) is 17.9 Å². The molecule has 12 heavy (non-hydrogen) atoms. The lowest BCUT2D eigenvalue weighted by Gasteiger charge is -2.42. The van der Waals surface area contributed by atoms with E-state index >= 15 is 0 Å². The highest BCUT2D eigenvalue weighted by molar-refractivity contribution is 4.89. The van der Waals surface area contributed by atoms with Gasteiger partial charge in [-0.1, -0.05) is 6.92 Å². The molecular formula is C9H16N2O. The number of hydrogen-bond donors (Lipinski definition) is 1. The van der Waals surface area contributed by atoms with Crippen LogP contribution in [0.15, 0.2) is 0 Å². The van der Waals surface area contributed by atoms with E-state index in [1.807, 2.05) is 0 Å². The summed E-state index contributed by atoms with van der Waals surface area (Å²) in [6.07, 6.45) is 1.65. The number of hydrogen-bond acceptors (Lipinski definition) is 3. The Morgan fingerprint density at radius 1 is 1.67 bits per heavy atom. The molecule has 0 aliphatic carbocycles. The zero-order valence-electron chi connectivity index (χ0n) is 7.53. The number of nitrogens with zero attached hydrogens (tertiary/aromatic N) is 2. The van der Waals surface area contributed by atoms with Crippen molar-refractivity contribution in [3.8, 4) is 6.07 Å². The van der Waals surface area contributed by atoms with Crippen LogP contribution in [0.4, 0.5) is 0 Å². The first-order valence-electron chi connectivity index (χ1n) is 4.53. The fourth-order valence-corrected chi connectivity index (χ4v) is 1.66. The van der Waals surface area contributed by atoms with Gasteiger partial charge in [0.2, 0.25) is 0 Å². The van der Waals surface area contributed by atoms with Crippen molar-refractivity contribution in [3.05, 3.63) is 0 Å². The summed E-state index contributed by atoms with van der Waals surface area (Å²) in [6.45, 7) is 4.33. The second kappa shape index (κ2) is 4.44.